The summed E-state index contributed by atoms with van der Waals surface area (Å²) in [6.45, 7) is 15.7. The van der Waals surface area contributed by atoms with Gasteiger partial charge in [-0.2, -0.15) is 0 Å². The summed E-state index contributed by atoms with van der Waals surface area (Å²) >= 11 is 0. The SMILES string of the molecule is CC(C)N(C(=O)c1cc(F)ccc1Oc1nncnc1N1CC2(CC(Oc3ccnc4c3CCN(C(=O)OC(C)(C)C)C4)C2)C1)C(C)C. The van der Waals surface area contributed by atoms with Gasteiger partial charge in [0.25, 0.3) is 11.8 Å². The zero-order chi connectivity index (χ0) is 34.4. The summed E-state index contributed by atoms with van der Waals surface area (Å²) in [6, 6.07) is 5.63. The molecule has 2 amide bonds. The third-order valence-corrected chi connectivity index (χ3v) is 8.99. The lowest BCUT2D eigenvalue weighted by Gasteiger charge is -2.58. The first-order valence-corrected chi connectivity index (χ1v) is 16.6. The number of halogens is 1. The van der Waals surface area contributed by atoms with E-state index in [0.717, 1.165) is 42.9 Å². The molecular formula is C35H44FN7O5. The van der Waals surface area contributed by atoms with E-state index in [1.54, 1.807) is 16.0 Å². The number of fused-ring (bicyclic) bond motifs is 1. The van der Waals surface area contributed by atoms with Crippen molar-refractivity contribution in [2.24, 2.45) is 5.41 Å². The number of rotatable bonds is 8. The molecule has 3 aromatic rings. The van der Waals surface area contributed by atoms with Gasteiger partial charge in [0.15, 0.2) is 5.82 Å². The highest BCUT2D eigenvalue weighted by atomic mass is 19.1. The number of hydrogen-bond donors (Lipinski definition) is 0. The van der Waals surface area contributed by atoms with E-state index >= 15 is 0 Å². The van der Waals surface area contributed by atoms with Crippen LogP contribution in [0.3, 0.4) is 0 Å². The lowest BCUT2D eigenvalue weighted by atomic mass is 9.61. The van der Waals surface area contributed by atoms with Crippen LogP contribution in [0.2, 0.25) is 0 Å². The highest BCUT2D eigenvalue weighted by Crippen LogP contribution is 2.52. The van der Waals surface area contributed by atoms with Crippen LogP contribution in [0.1, 0.15) is 82.9 Å². The number of hydrogen-bond acceptors (Lipinski definition) is 10. The van der Waals surface area contributed by atoms with Gasteiger partial charge in [-0.05, 0) is 92.0 Å². The average molecular weight is 662 g/mol. The van der Waals surface area contributed by atoms with Gasteiger partial charge in [-0.3, -0.25) is 9.78 Å². The molecule has 4 heterocycles. The molecule has 0 unspecified atom stereocenters. The minimum Gasteiger partial charge on any atom is -0.490 e. The normalized spacial score (nSPS) is 17.1. The zero-order valence-corrected chi connectivity index (χ0v) is 28.7. The molecule has 1 aliphatic carbocycles. The van der Waals surface area contributed by atoms with Gasteiger partial charge in [-0.15, -0.1) is 10.2 Å². The van der Waals surface area contributed by atoms with Crippen LogP contribution in [0.25, 0.3) is 0 Å². The third kappa shape index (κ3) is 6.86. The minimum absolute atomic E-state index is 0.0689. The van der Waals surface area contributed by atoms with Crippen LogP contribution in [0.5, 0.6) is 17.4 Å². The van der Waals surface area contributed by atoms with Crippen molar-refractivity contribution in [3.63, 3.8) is 0 Å². The fourth-order valence-electron chi connectivity index (χ4n) is 6.97. The molecule has 2 fully saturated rings. The smallest absolute Gasteiger partial charge is 0.410 e. The van der Waals surface area contributed by atoms with Crippen molar-refractivity contribution >= 4 is 17.8 Å². The van der Waals surface area contributed by atoms with Crippen LogP contribution in [0.15, 0.2) is 36.8 Å². The van der Waals surface area contributed by atoms with E-state index in [2.05, 4.69) is 25.1 Å². The molecule has 0 N–H and O–H groups in total. The third-order valence-electron chi connectivity index (χ3n) is 8.99. The van der Waals surface area contributed by atoms with Crippen LogP contribution in [-0.2, 0) is 17.7 Å². The Bertz CT molecular complexity index is 1670. The van der Waals surface area contributed by atoms with Crippen molar-refractivity contribution in [2.45, 2.75) is 98.1 Å². The highest BCUT2D eigenvalue weighted by molar-refractivity contribution is 5.97. The van der Waals surface area contributed by atoms with Crippen molar-refractivity contribution in [3.8, 4) is 17.4 Å². The Kier molecular flexibility index (Phi) is 8.90. The molecule has 0 atom stereocenters. The van der Waals surface area contributed by atoms with E-state index in [-0.39, 0.29) is 52.8 Å². The first kappa shape index (κ1) is 33.4. The largest absolute Gasteiger partial charge is 0.490 e. The molecule has 48 heavy (non-hydrogen) atoms. The Morgan fingerprint density at radius 3 is 2.46 bits per heavy atom. The second-order valence-electron chi connectivity index (χ2n) is 14.6. The number of aromatic nitrogens is 4. The molecule has 0 radical (unpaired) electrons. The Morgan fingerprint density at radius 2 is 1.77 bits per heavy atom. The van der Waals surface area contributed by atoms with E-state index in [1.165, 1.54) is 24.5 Å². The summed E-state index contributed by atoms with van der Waals surface area (Å²) in [5.74, 6) is 0.839. The summed E-state index contributed by atoms with van der Waals surface area (Å²) in [5.41, 5.74) is 1.53. The summed E-state index contributed by atoms with van der Waals surface area (Å²) in [6.07, 6.45) is 5.26. The Labute approximate surface area is 280 Å². The van der Waals surface area contributed by atoms with Crippen molar-refractivity contribution < 1.29 is 28.2 Å². The highest BCUT2D eigenvalue weighted by Gasteiger charge is 2.54. The number of ether oxygens (including phenoxy) is 3. The molecule has 13 heteroatoms. The van der Waals surface area contributed by atoms with Crippen LogP contribution in [0, 0.1) is 11.2 Å². The molecular weight excluding hydrogens is 617 g/mol. The van der Waals surface area contributed by atoms with Crippen LogP contribution >= 0.6 is 0 Å². The molecule has 1 aromatic carbocycles. The lowest BCUT2D eigenvalue weighted by molar-refractivity contribution is -0.0352. The maximum atomic E-state index is 14.4. The summed E-state index contributed by atoms with van der Waals surface area (Å²) in [4.78, 5) is 40.6. The van der Waals surface area contributed by atoms with Gasteiger partial charge in [0.05, 0.1) is 17.8 Å². The molecule has 256 valence electrons. The lowest BCUT2D eigenvalue weighted by Crippen LogP contribution is -2.65. The number of pyridine rings is 1. The monoisotopic (exact) mass is 661 g/mol. The molecule has 1 saturated carbocycles. The fourth-order valence-corrected chi connectivity index (χ4v) is 6.97. The first-order chi connectivity index (χ1) is 22.7. The van der Waals surface area contributed by atoms with Crippen molar-refractivity contribution in [2.75, 3.05) is 24.5 Å². The topological polar surface area (TPSA) is 123 Å². The molecule has 6 rings (SSSR count). The molecule has 1 spiro atoms. The van der Waals surface area contributed by atoms with Gasteiger partial charge in [-0.1, -0.05) is 0 Å². The molecule has 12 nitrogen and oxygen atoms in total. The molecule has 2 aliphatic heterocycles. The number of carbonyl (C=O) groups excluding carboxylic acids is 2. The van der Waals surface area contributed by atoms with Crippen LogP contribution in [-0.4, -0.2) is 85.4 Å². The van der Waals surface area contributed by atoms with Gasteiger partial charge >= 0.3 is 6.09 Å². The van der Waals surface area contributed by atoms with Gasteiger partial charge in [0.2, 0.25) is 0 Å². The van der Waals surface area contributed by atoms with E-state index in [4.69, 9.17) is 14.2 Å². The molecule has 2 aromatic heterocycles. The molecule has 1 saturated heterocycles. The maximum absolute atomic E-state index is 14.4. The predicted octanol–water partition coefficient (Wildman–Crippen LogP) is 5.80. The summed E-state index contributed by atoms with van der Waals surface area (Å²) in [7, 11) is 0. The number of anilines is 1. The van der Waals surface area contributed by atoms with Crippen molar-refractivity contribution in [1.29, 1.82) is 0 Å². The predicted molar refractivity (Wildman–Crippen MR) is 176 cm³/mol. The molecule has 0 bridgehead atoms. The average Bonchev–Trinajstić information content (AvgIpc) is 2.97. The van der Waals surface area contributed by atoms with Crippen molar-refractivity contribution in [3.05, 3.63) is 59.4 Å². The summed E-state index contributed by atoms with van der Waals surface area (Å²) in [5, 5.41) is 8.12. The summed E-state index contributed by atoms with van der Waals surface area (Å²) < 4.78 is 32.5. The van der Waals surface area contributed by atoms with E-state index < -0.39 is 11.4 Å². The van der Waals surface area contributed by atoms with E-state index in [0.29, 0.717) is 25.3 Å². The Balaban J connectivity index is 1.08. The standard InChI is InChI=1S/C35H44FN7O5/c1-21(2)43(22(3)4)32(44)26-14-23(36)8-9-28(26)47-31-30(38-20-39-40-31)42-18-35(19-42)15-24(16-35)46-29-10-12-37-27-17-41(13-11-25(27)29)33(45)48-34(5,6)7/h8-10,12,14,20-22,24H,11,13,15-19H2,1-7H3. The second-order valence-corrected chi connectivity index (χ2v) is 14.6. The second kappa shape index (κ2) is 12.8. The number of carbonyl (C=O) groups is 2. The number of benzene rings is 1. The minimum atomic E-state index is -0.554. The van der Waals surface area contributed by atoms with Crippen LogP contribution < -0.4 is 14.4 Å². The van der Waals surface area contributed by atoms with E-state index in [9.17, 15) is 14.0 Å². The Morgan fingerprint density at radius 1 is 1.04 bits per heavy atom. The maximum Gasteiger partial charge on any atom is 0.410 e. The van der Waals surface area contributed by atoms with Crippen LogP contribution in [0.4, 0.5) is 15.0 Å². The quantitative estimate of drug-likeness (QED) is 0.293. The zero-order valence-electron chi connectivity index (χ0n) is 28.7. The fraction of sp³-hybridized carbons (Fsp3) is 0.543. The van der Waals surface area contributed by atoms with Crippen molar-refractivity contribution in [1.82, 2.24) is 30.0 Å². The van der Waals surface area contributed by atoms with Gasteiger partial charge in [0, 0.05) is 48.9 Å². The number of nitrogens with zero attached hydrogens (tertiary/aromatic N) is 7. The van der Waals surface area contributed by atoms with Gasteiger partial charge < -0.3 is 28.9 Å². The first-order valence-electron chi connectivity index (χ1n) is 16.6. The number of amides is 2. The Hall–Kier alpha value is -4.55. The van der Waals surface area contributed by atoms with Gasteiger partial charge in [-0.25, -0.2) is 14.2 Å². The molecule has 3 aliphatic rings. The van der Waals surface area contributed by atoms with E-state index in [1.807, 2.05) is 54.5 Å². The van der Waals surface area contributed by atoms with Gasteiger partial charge in [0.1, 0.15) is 35.3 Å².